The van der Waals surface area contributed by atoms with E-state index < -0.39 is 6.04 Å². The molecule has 0 aliphatic heterocycles. The highest BCUT2D eigenvalue weighted by Gasteiger charge is 2.16. The van der Waals surface area contributed by atoms with E-state index in [1.54, 1.807) is 20.2 Å². The molecule has 0 saturated heterocycles. The molecular weight excluding hydrogens is 208 g/mol. The Morgan fingerprint density at radius 3 is 2.75 bits per heavy atom. The molecule has 0 saturated carbocycles. The van der Waals surface area contributed by atoms with Crippen LogP contribution in [0.4, 0.5) is 0 Å². The van der Waals surface area contributed by atoms with Gasteiger partial charge in [-0.05, 0) is 6.92 Å². The predicted molar refractivity (Wildman–Crippen MR) is 58.7 cm³/mol. The maximum atomic E-state index is 11.6. The largest absolute Gasteiger partial charge is 0.480 e. The van der Waals surface area contributed by atoms with Crippen molar-refractivity contribution in [2.45, 2.75) is 19.5 Å². The van der Waals surface area contributed by atoms with Gasteiger partial charge in [-0.3, -0.25) is 9.78 Å². The third kappa shape index (κ3) is 2.90. The van der Waals surface area contributed by atoms with Crippen LogP contribution in [0.15, 0.2) is 12.4 Å². The molecule has 0 spiro atoms. The van der Waals surface area contributed by atoms with Crippen LogP contribution in [0.5, 0.6) is 5.88 Å². The van der Waals surface area contributed by atoms with Crippen molar-refractivity contribution < 1.29 is 9.53 Å². The van der Waals surface area contributed by atoms with E-state index in [9.17, 15) is 4.79 Å². The van der Waals surface area contributed by atoms with Gasteiger partial charge in [0.2, 0.25) is 11.8 Å². The lowest BCUT2D eigenvalue weighted by molar-refractivity contribution is -0.131. The lowest BCUT2D eigenvalue weighted by Gasteiger charge is -2.19. The van der Waals surface area contributed by atoms with E-state index in [0.29, 0.717) is 18.1 Å². The number of hydrogen-bond donors (Lipinski definition) is 1. The fraction of sp³-hybridized carbons (Fsp3) is 0.500. The third-order valence-electron chi connectivity index (χ3n) is 2.08. The minimum Gasteiger partial charge on any atom is -0.480 e. The normalized spacial score (nSPS) is 12.0. The van der Waals surface area contributed by atoms with Crippen LogP contribution in [0.25, 0.3) is 0 Å². The SMILES string of the molecule is COc1nccnc1CN(C)C(=O)C(C)N. The Balaban J connectivity index is 2.76. The first-order valence-corrected chi connectivity index (χ1v) is 4.90. The van der Waals surface area contributed by atoms with E-state index in [4.69, 9.17) is 10.5 Å². The van der Waals surface area contributed by atoms with Gasteiger partial charge in [0.25, 0.3) is 0 Å². The number of amides is 1. The minimum atomic E-state index is -0.521. The Morgan fingerprint density at radius 1 is 1.56 bits per heavy atom. The molecule has 0 aliphatic carbocycles. The maximum absolute atomic E-state index is 11.6. The number of methoxy groups -OCH3 is 1. The summed E-state index contributed by atoms with van der Waals surface area (Å²) >= 11 is 0. The molecule has 1 amide bonds. The van der Waals surface area contributed by atoms with Crippen molar-refractivity contribution in [3.63, 3.8) is 0 Å². The molecule has 1 rings (SSSR count). The molecule has 0 aromatic carbocycles. The van der Waals surface area contributed by atoms with Crippen molar-refractivity contribution in [3.05, 3.63) is 18.1 Å². The van der Waals surface area contributed by atoms with Gasteiger partial charge in [0.05, 0.1) is 19.7 Å². The predicted octanol–water partition coefficient (Wildman–Crippen LogP) is -0.209. The minimum absolute atomic E-state index is 0.146. The average molecular weight is 224 g/mol. The first kappa shape index (κ1) is 12.4. The molecule has 0 radical (unpaired) electrons. The number of nitrogens with two attached hydrogens (primary N) is 1. The number of ether oxygens (including phenoxy) is 1. The highest BCUT2D eigenvalue weighted by atomic mass is 16.5. The highest BCUT2D eigenvalue weighted by molar-refractivity contribution is 5.80. The van der Waals surface area contributed by atoms with Gasteiger partial charge in [0.1, 0.15) is 5.69 Å². The molecule has 0 aliphatic rings. The molecule has 1 atom stereocenters. The quantitative estimate of drug-likeness (QED) is 0.765. The van der Waals surface area contributed by atoms with Crippen molar-refractivity contribution in [3.8, 4) is 5.88 Å². The molecule has 1 aromatic rings. The van der Waals surface area contributed by atoms with Crippen LogP contribution in [0.2, 0.25) is 0 Å². The van der Waals surface area contributed by atoms with Crippen molar-refractivity contribution in [1.29, 1.82) is 0 Å². The second-order valence-corrected chi connectivity index (χ2v) is 3.50. The first-order chi connectivity index (χ1) is 7.56. The van der Waals surface area contributed by atoms with Crippen molar-refractivity contribution in [1.82, 2.24) is 14.9 Å². The molecule has 16 heavy (non-hydrogen) atoms. The van der Waals surface area contributed by atoms with E-state index >= 15 is 0 Å². The molecule has 0 fully saturated rings. The summed E-state index contributed by atoms with van der Waals surface area (Å²) in [4.78, 5) is 21.2. The van der Waals surface area contributed by atoms with Crippen LogP contribution < -0.4 is 10.5 Å². The van der Waals surface area contributed by atoms with Crippen LogP contribution in [-0.4, -0.2) is 41.0 Å². The standard InChI is InChI=1S/C10H16N4O2/c1-7(11)10(15)14(2)6-8-9(16-3)13-5-4-12-8/h4-5,7H,6,11H2,1-3H3. The summed E-state index contributed by atoms with van der Waals surface area (Å²) in [6.45, 7) is 1.98. The van der Waals surface area contributed by atoms with E-state index in [0.717, 1.165) is 0 Å². The van der Waals surface area contributed by atoms with Crippen molar-refractivity contribution >= 4 is 5.91 Å². The van der Waals surface area contributed by atoms with Gasteiger partial charge in [0.15, 0.2) is 0 Å². The molecule has 1 aromatic heterocycles. The number of hydrogen-bond acceptors (Lipinski definition) is 5. The van der Waals surface area contributed by atoms with Crippen LogP contribution in [-0.2, 0) is 11.3 Å². The van der Waals surface area contributed by atoms with E-state index in [2.05, 4.69) is 9.97 Å². The number of rotatable bonds is 4. The van der Waals surface area contributed by atoms with Gasteiger partial charge in [0, 0.05) is 19.4 Å². The van der Waals surface area contributed by atoms with E-state index in [-0.39, 0.29) is 5.91 Å². The third-order valence-corrected chi connectivity index (χ3v) is 2.08. The van der Waals surface area contributed by atoms with Crippen LogP contribution in [0, 0.1) is 0 Å². The summed E-state index contributed by atoms with van der Waals surface area (Å²) in [7, 11) is 3.18. The van der Waals surface area contributed by atoms with Gasteiger partial charge in [-0.1, -0.05) is 0 Å². The molecule has 1 unspecified atom stereocenters. The summed E-state index contributed by atoms with van der Waals surface area (Å²) in [6, 6.07) is -0.521. The van der Waals surface area contributed by atoms with Crippen LogP contribution >= 0.6 is 0 Å². The smallest absolute Gasteiger partial charge is 0.239 e. The molecule has 6 heteroatoms. The molecule has 1 heterocycles. The maximum Gasteiger partial charge on any atom is 0.239 e. The van der Waals surface area contributed by atoms with Gasteiger partial charge in [-0.15, -0.1) is 0 Å². The Bertz CT molecular complexity index is 368. The van der Waals surface area contributed by atoms with Gasteiger partial charge >= 0.3 is 0 Å². The molecule has 0 bridgehead atoms. The molecular formula is C10H16N4O2. The molecule has 2 N–H and O–H groups in total. The second-order valence-electron chi connectivity index (χ2n) is 3.50. The summed E-state index contributed by atoms with van der Waals surface area (Å²) in [5.41, 5.74) is 6.12. The van der Waals surface area contributed by atoms with Gasteiger partial charge < -0.3 is 15.4 Å². The summed E-state index contributed by atoms with van der Waals surface area (Å²) in [5, 5.41) is 0. The average Bonchev–Trinajstić information content (AvgIpc) is 2.28. The Morgan fingerprint density at radius 2 is 2.19 bits per heavy atom. The fourth-order valence-electron chi connectivity index (χ4n) is 1.28. The molecule has 88 valence electrons. The lowest BCUT2D eigenvalue weighted by Crippen LogP contribution is -2.39. The monoisotopic (exact) mass is 224 g/mol. The summed E-state index contributed by atoms with van der Waals surface area (Å²) < 4.78 is 5.04. The number of carbonyl (C=O) groups is 1. The van der Waals surface area contributed by atoms with Crippen molar-refractivity contribution in [2.75, 3.05) is 14.2 Å². The number of aromatic nitrogens is 2. The van der Waals surface area contributed by atoms with E-state index in [1.807, 2.05) is 0 Å². The van der Waals surface area contributed by atoms with Crippen LogP contribution in [0.3, 0.4) is 0 Å². The zero-order valence-corrected chi connectivity index (χ0v) is 9.67. The topological polar surface area (TPSA) is 81.3 Å². The first-order valence-electron chi connectivity index (χ1n) is 4.90. The van der Waals surface area contributed by atoms with Gasteiger partial charge in [-0.25, -0.2) is 4.98 Å². The Hall–Kier alpha value is -1.69. The zero-order chi connectivity index (χ0) is 12.1. The highest BCUT2D eigenvalue weighted by Crippen LogP contribution is 2.12. The second kappa shape index (κ2) is 5.41. The Kier molecular flexibility index (Phi) is 4.19. The van der Waals surface area contributed by atoms with E-state index in [1.165, 1.54) is 18.2 Å². The number of likely N-dealkylation sites (N-methyl/N-ethyl adjacent to an activating group) is 1. The van der Waals surface area contributed by atoms with Crippen molar-refractivity contribution in [2.24, 2.45) is 5.73 Å². The lowest BCUT2D eigenvalue weighted by atomic mass is 10.3. The number of nitrogens with zero attached hydrogens (tertiary/aromatic N) is 3. The fourth-order valence-corrected chi connectivity index (χ4v) is 1.28. The van der Waals surface area contributed by atoms with Crippen LogP contribution in [0.1, 0.15) is 12.6 Å². The summed E-state index contributed by atoms with van der Waals surface area (Å²) in [5.74, 6) is 0.277. The zero-order valence-electron chi connectivity index (χ0n) is 9.67. The number of carbonyl (C=O) groups excluding carboxylic acids is 1. The molecule has 6 nitrogen and oxygen atoms in total. The summed E-state index contributed by atoms with van der Waals surface area (Å²) in [6.07, 6.45) is 3.09. The van der Waals surface area contributed by atoms with Gasteiger partial charge in [-0.2, -0.15) is 0 Å². The Labute approximate surface area is 94.4 Å².